The molecule has 112 valence electrons. The third-order valence-corrected chi connectivity index (χ3v) is 3.98. The molecular formula is C15H16F2N2OS. The average molecular weight is 310 g/mol. The van der Waals surface area contributed by atoms with E-state index in [0.717, 1.165) is 17.0 Å². The molecule has 0 aliphatic rings. The summed E-state index contributed by atoms with van der Waals surface area (Å²) in [4.78, 5) is 15.1. The topological polar surface area (TPSA) is 46.3 Å². The number of halogens is 2. The number of nitrogens with two attached hydrogens (primary N) is 1. The van der Waals surface area contributed by atoms with Crippen LogP contribution in [0.3, 0.4) is 0 Å². The minimum atomic E-state index is -0.918. The van der Waals surface area contributed by atoms with Gasteiger partial charge in [0.05, 0.1) is 6.54 Å². The second-order valence-corrected chi connectivity index (χ2v) is 5.99. The van der Waals surface area contributed by atoms with Crippen LogP contribution < -0.4 is 5.73 Å². The third-order valence-electron chi connectivity index (χ3n) is 3.12. The standard InChI is InChI=1S/C15H16F2N2OS/c1-9(2)19(8-11-4-3-5-21-11)15(20)10-6-12(16)14(18)13(17)7-10/h3-7,9H,8,18H2,1-2H3. The molecule has 0 spiro atoms. The summed E-state index contributed by atoms with van der Waals surface area (Å²) in [6.07, 6.45) is 0. The number of carbonyl (C=O) groups excluding carboxylic acids is 1. The molecule has 1 heterocycles. The van der Waals surface area contributed by atoms with Gasteiger partial charge in [0, 0.05) is 16.5 Å². The molecule has 0 radical (unpaired) electrons. The van der Waals surface area contributed by atoms with Crippen molar-refractivity contribution >= 4 is 22.9 Å². The van der Waals surface area contributed by atoms with Gasteiger partial charge in [0.2, 0.25) is 0 Å². The van der Waals surface area contributed by atoms with Gasteiger partial charge in [-0.25, -0.2) is 8.78 Å². The predicted octanol–water partition coefficient (Wildman–Crippen LogP) is 3.66. The van der Waals surface area contributed by atoms with Crippen molar-refractivity contribution in [2.75, 3.05) is 5.73 Å². The highest BCUT2D eigenvalue weighted by Crippen LogP contribution is 2.21. The fraction of sp³-hybridized carbons (Fsp3) is 0.267. The average Bonchev–Trinajstić information content (AvgIpc) is 2.93. The van der Waals surface area contributed by atoms with Crippen LogP contribution in [0.5, 0.6) is 0 Å². The maximum atomic E-state index is 13.5. The van der Waals surface area contributed by atoms with Crippen molar-refractivity contribution in [3.8, 4) is 0 Å². The van der Waals surface area contributed by atoms with Crippen molar-refractivity contribution in [1.82, 2.24) is 4.90 Å². The van der Waals surface area contributed by atoms with E-state index in [2.05, 4.69) is 0 Å². The molecule has 0 aliphatic carbocycles. The van der Waals surface area contributed by atoms with Gasteiger partial charge in [-0.1, -0.05) is 6.07 Å². The van der Waals surface area contributed by atoms with E-state index in [1.807, 2.05) is 31.4 Å². The maximum Gasteiger partial charge on any atom is 0.254 e. The molecule has 1 aromatic carbocycles. The van der Waals surface area contributed by atoms with E-state index in [-0.39, 0.29) is 11.6 Å². The van der Waals surface area contributed by atoms with Crippen molar-refractivity contribution in [3.63, 3.8) is 0 Å². The number of nitrogens with zero attached hydrogens (tertiary/aromatic N) is 1. The van der Waals surface area contributed by atoms with Gasteiger partial charge in [-0.05, 0) is 37.4 Å². The number of amides is 1. The second-order valence-electron chi connectivity index (χ2n) is 4.96. The molecular weight excluding hydrogens is 294 g/mol. The zero-order valence-electron chi connectivity index (χ0n) is 11.8. The summed E-state index contributed by atoms with van der Waals surface area (Å²) in [5.74, 6) is -2.26. The molecule has 0 saturated carbocycles. The van der Waals surface area contributed by atoms with Crippen LogP contribution in [0.2, 0.25) is 0 Å². The third kappa shape index (κ3) is 3.39. The summed E-state index contributed by atoms with van der Waals surface area (Å²) in [5, 5.41) is 1.92. The Hall–Kier alpha value is -1.95. The number of rotatable bonds is 4. The van der Waals surface area contributed by atoms with Gasteiger partial charge < -0.3 is 10.6 Å². The highest BCUT2D eigenvalue weighted by Gasteiger charge is 2.21. The summed E-state index contributed by atoms with van der Waals surface area (Å²) in [6, 6.07) is 5.67. The van der Waals surface area contributed by atoms with Crippen molar-refractivity contribution in [2.24, 2.45) is 0 Å². The van der Waals surface area contributed by atoms with E-state index < -0.39 is 23.2 Å². The van der Waals surface area contributed by atoms with Crippen molar-refractivity contribution in [3.05, 3.63) is 51.7 Å². The molecule has 2 rings (SSSR count). The summed E-state index contributed by atoms with van der Waals surface area (Å²) in [5.41, 5.74) is 4.62. The van der Waals surface area contributed by atoms with Gasteiger partial charge in [-0.15, -0.1) is 11.3 Å². The first-order valence-corrected chi connectivity index (χ1v) is 7.36. The van der Waals surface area contributed by atoms with E-state index in [1.54, 1.807) is 4.90 Å². The van der Waals surface area contributed by atoms with E-state index in [1.165, 1.54) is 11.3 Å². The summed E-state index contributed by atoms with van der Waals surface area (Å²) < 4.78 is 27.0. The first-order chi connectivity index (χ1) is 9.90. The zero-order valence-corrected chi connectivity index (χ0v) is 12.6. The van der Waals surface area contributed by atoms with Crippen molar-refractivity contribution in [1.29, 1.82) is 0 Å². The van der Waals surface area contributed by atoms with Crippen LogP contribution in [0, 0.1) is 11.6 Å². The van der Waals surface area contributed by atoms with Gasteiger partial charge >= 0.3 is 0 Å². The number of hydrogen-bond acceptors (Lipinski definition) is 3. The fourth-order valence-electron chi connectivity index (χ4n) is 1.93. The minimum Gasteiger partial charge on any atom is -0.394 e. The molecule has 2 N–H and O–H groups in total. The van der Waals surface area contributed by atoms with E-state index in [4.69, 9.17) is 5.73 Å². The predicted molar refractivity (Wildman–Crippen MR) is 80.1 cm³/mol. The van der Waals surface area contributed by atoms with E-state index in [0.29, 0.717) is 6.54 Å². The number of nitrogen functional groups attached to an aromatic ring is 1. The van der Waals surface area contributed by atoms with Gasteiger partial charge in [0.25, 0.3) is 5.91 Å². The van der Waals surface area contributed by atoms with E-state index >= 15 is 0 Å². The lowest BCUT2D eigenvalue weighted by atomic mass is 10.1. The molecule has 1 aromatic heterocycles. The number of benzene rings is 1. The molecule has 6 heteroatoms. The molecule has 0 fully saturated rings. The Morgan fingerprint density at radius 3 is 2.43 bits per heavy atom. The van der Waals surface area contributed by atoms with Crippen LogP contribution in [0.15, 0.2) is 29.6 Å². The number of thiophene rings is 1. The molecule has 0 atom stereocenters. The van der Waals surface area contributed by atoms with Crippen molar-refractivity contribution < 1.29 is 13.6 Å². The van der Waals surface area contributed by atoms with Gasteiger partial charge in [-0.3, -0.25) is 4.79 Å². The number of carbonyl (C=O) groups is 1. The molecule has 1 amide bonds. The van der Waals surface area contributed by atoms with Crippen LogP contribution in [-0.2, 0) is 6.54 Å². The number of anilines is 1. The molecule has 2 aromatic rings. The Kier molecular flexibility index (Phi) is 4.57. The fourth-order valence-corrected chi connectivity index (χ4v) is 2.64. The molecule has 0 saturated heterocycles. The van der Waals surface area contributed by atoms with Crippen LogP contribution in [0.4, 0.5) is 14.5 Å². The normalized spacial score (nSPS) is 10.9. The minimum absolute atomic E-state index is 0.0375. The number of hydrogen-bond donors (Lipinski definition) is 1. The lowest BCUT2D eigenvalue weighted by molar-refractivity contribution is 0.0691. The highest BCUT2D eigenvalue weighted by molar-refractivity contribution is 7.09. The Labute approximate surface area is 126 Å². The molecule has 3 nitrogen and oxygen atoms in total. The van der Waals surface area contributed by atoms with Crippen LogP contribution in [0.1, 0.15) is 29.1 Å². The van der Waals surface area contributed by atoms with Gasteiger partial charge in [0.15, 0.2) is 0 Å². The molecule has 0 unspecified atom stereocenters. The molecule has 0 aliphatic heterocycles. The second kappa shape index (κ2) is 6.22. The first-order valence-electron chi connectivity index (χ1n) is 6.48. The molecule has 0 bridgehead atoms. The maximum absolute atomic E-state index is 13.5. The Morgan fingerprint density at radius 1 is 1.33 bits per heavy atom. The zero-order chi connectivity index (χ0) is 15.6. The van der Waals surface area contributed by atoms with Crippen molar-refractivity contribution in [2.45, 2.75) is 26.4 Å². The smallest absolute Gasteiger partial charge is 0.254 e. The van der Waals surface area contributed by atoms with Gasteiger partial charge in [-0.2, -0.15) is 0 Å². The lowest BCUT2D eigenvalue weighted by Crippen LogP contribution is -2.36. The Balaban J connectivity index is 2.30. The summed E-state index contributed by atoms with van der Waals surface area (Å²) in [7, 11) is 0. The quantitative estimate of drug-likeness (QED) is 0.876. The van der Waals surface area contributed by atoms with E-state index in [9.17, 15) is 13.6 Å². The summed E-state index contributed by atoms with van der Waals surface area (Å²) >= 11 is 1.53. The van der Waals surface area contributed by atoms with Crippen LogP contribution in [0.25, 0.3) is 0 Å². The van der Waals surface area contributed by atoms with Gasteiger partial charge in [0.1, 0.15) is 17.3 Å². The monoisotopic (exact) mass is 310 g/mol. The van der Waals surface area contributed by atoms with Crippen LogP contribution in [-0.4, -0.2) is 16.8 Å². The van der Waals surface area contributed by atoms with Crippen LogP contribution >= 0.6 is 11.3 Å². The first kappa shape index (κ1) is 15.4. The lowest BCUT2D eigenvalue weighted by Gasteiger charge is -2.26. The SMILES string of the molecule is CC(C)N(Cc1cccs1)C(=O)c1cc(F)c(N)c(F)c1. The summed E-state index contributed by atoms with van der Waals surface area (Å²) in [6.45, 7) is 4.12. The highest BCUT2D eigenvalue weighted by atomic mass is 32.1. The Bertz CT molecular complexity index is 618. The largest absolute Gasteiger partial charge is 0.394 e. The Morgan fingerprint density at radius 2 is 1.95 bits per heavy atom. The molecule has 21 heavy (non-hydrogen) atoms.